The van der Waals surface area contributed by atoms with Crippen LogP contribution in [0, 0.1) is 0 Å². The Morgan fingerprint density at radius 1 is 1.00 bits per heavy atom. The zero-order chi connectivity index (χ0) is 15.5. The Kier molecular flexibility index (Phi) is 3.74. The fourth-order valence-electron chi connectivity index (χ4n) is 2.16. The number of ether oxygens (including phenoxy) is 2. The van der Waals surface area contributed by atoms with E-state index in [9.17, 15) is 0 Å². The third-order valence-corrected chi connectivity index (χ3v) is 3.19. The summed E-state index contributed by atoms with van der Waals surface area (Å²) in [5.74, 6) is 1.38. The first-order chi connectivity index (χ1) is 10.7. The third-order valence-electron chi connectivity index (χ3n) is 3.19. The zero-order valence-electron chi connectivity index (χ0n) is 12.4. The number of hydrogen-bond acceptors (Lipinski definition) is 6. The maximum Gasteiger partial charge on any atom is 0.245 e. The van der Waals surface area contributed by atoms with E-state index in [4.69, 9.17) is 15.2 Å². The van der Waals surface area contributed by atoms with Crippen molar-refractivity contribution in [2.45, 2.75) is 6.92 Å². The van der Waals surface area contributed by atoms with Crippen LogP contribution in [0.2, 0.25) is 0 Å². The van der Waals surface area contributed by atoms with Gasteiger partial charge in [0.1, 0.15) is 5.75 Å². The molecule has 3 aromatic rings. The van der Waals surface area contributed by atoms with E-state index in [0.29, 0.717) is 23.5 Å². The molecule has 0 amide bonds. The average molecular weight is 296 g/mol. The monoisotopic (exact) mass is 296 g/mol. The average Bonchev–Trinajstić information content (AvgIpc) is 2.55. The van der Waals surface area contributed by atoms with Crippen LogP contribution >= 0.6 is 0 Å². The highest BCUT2D eigenvalue weighted by atomic mass is 16.5. The maximum absolute atomic E-state index is 5.69. The van der Waals surface area contributed by atoms with Crippen LogP contribution in [0.3, 0.4) is 0 Å². The van der Waals surface area contributed by atoms with Crippen molar-refractivity contribution in [2.24, 2.45) is 0 Å². The molecule has 2 aromatic heterocycles. The molecule has 0 atom stereocenters. The summed E-state index contributed by atoms with van der Waals surface area (Å²) < 4.78 is 10.7. The summed E-state index contributed by atoms with van der Waals surface area (Å²) in [4.78, 5) is 12.9. The lowest BCUT2D eigenvalue weighted by Gasteiger charge is -2.08. The number of nitrogens with two attached hydrogens (primary N) is 1. The quantitative estimate of drug-likeness (QED) is 0.797. The predicted octanol–water partition coefficient (Wildman–Crippen LogP) is 2.68. The molecule has 22 heavy (non-hydrogen) atoms. The number of hydrogen-bond donors (Lipinski definition) is 1. The Morgan fingerprint density at radius 2 is 1.77 bits per heavy atom. The molecule has 6 heteroatoms. The number of methoxy groups -OCH3 is 1. The highest BCUT2D eigenvalue weighted by molar-refractivity contribution is 5.83. The van der Waals surface area contributed by atoms with E-state index in [-0.39, 0.29) is 5.95 Å². The molecule has 2 heterocycles. The van der Waals surface area contributed by atoms with Crippen LogP contribution in [-0.4, -0.2) is 28.7 Å². The van der Waals surface area contributed by atoms with Crippen molar-refractivity contribution in [2.75, 3.05) is 19.5 Å². The van der Waals surface area contributed by atoms with Gasteiger partial charge in [-0.05, 0) is 43.3 Å². The van der Waals surface area contributed by atoms with E-state index in [1.54, 1.807) is 7.11 Å². The standard InChI is InChI=1S/C16H16N4O2/c1-3-22-15-14-13(19-16(17)20-15)9-8-12(18-14)10-4-6-11(21-2)7-5-10/h4-9H,3H2,1-2H3,(H2,17,19,20). The highest BCUT2D eigenvalue weighted by Gasteiger charge is 2.10. The Labute approximate surface area is 127 Å². The Morgan fingerprint density at radius 3 is 2.45 bits per heavy atom. The lowest BCUT2D eigenvalue weighted by molar-refractivity contribution is 0.330. The molecule has 0 aliphatic carbocycles. The summed E-state index contributed by atoms with van der Waals surface area (Å²) in [6.45, 7) is 2.37. The van der Waals surface area contributed by atoms with Crippen molar-refractivity contribution in [1.82, 2.24) is 15.0 Å². The van der Waals surface area contributed by atoms with Crippen molar-refractivity contribution in [3.63, 3.8) is 0 Å². The van der Waals surface area contributed by atoms with Crippen LogP contribution < -0.4 is 15.2 Å². The van der Waals surface area contributed by atoms with Gasteiger partial charge in [-0.3, -0.25) is 0 Å². The van der Waals surface area contributed by atoms with E-state index in [1.165, 1.54) is 0 Å². The molecule has 0 spiro atoms. The number of nitrogen functional groups attached to an aromatic ring is 1. The van der Waals surface area contributed by atoms with E-state index in [2.05, 4.69) is 15.0 Å². The molecule has 3 rings (SSSR count). The summed E-state index contributed by atoms with van der Waals surface area (Å²) in [6, 6.07) is 11.4. The minimum absolute atomic E-state index is 0.176. The van der Waals surface area contributed by atoms with Crippen LogP contribution in [0.4, 0.5) is 5.95 Å². The van der Waals surface area contributed by atoms with E-state index in [0.717, 1.165) is 17.0 Å². The summed E-state index contributed by atoms with van der Waals surface area (Å²) in [5, 5.41) is 0. The van der Waals surface area contributed by atoms with Crippen LogP contribution in [0.5, 0.6) is 11.6 Å². The van der Waals surface area contributed by atoms with Gasteiger partial charge in [0.25, 0.3) is 0 Å². The summed E-state index contributed by atoms with van der Waals surface area (Å²) in [7, 11) is 1.64. The van der Waals surface area contributed by atoms with Gasteiger partial charge in [-0.15, -0.1) is 0 Å². The van der Waals surface area contributed by atoms with E-state index < -0.39 is 0 Å². The molecule has 0 unspecified atom stereocenters. The number of aromatic nitrogens is 3. The predicted molar refractivity (Wildman–Crippen MR) is 84.9 cm³/mol. The first kappa shape index (κ1) is 14.1. The van der Waals surface area contributed by atoms with Gasteiger partial charge >= 0.3 is 0 Å². The number of benzene rings is 1. The molecule has 0 saturated heterocycles. The molecular formula is C16H16N4O2. The SMILES string of the molecule is CCOc1nc(N)nc2ccc(-c3ccc(OC)cc3)nc12. The van der Waals surface area contributed by atoms with Crippen molar-refractivity contribution in [3.8, 4) is 22.9 Å². The van der Waals surface area contributed by atoms with Crippen LogP contribution in [0.25, 0.3) is 22.3 Å². The van der Waals surface area contributed by atoms with Crippen LogP contribution in [0.15, 0.2) is 36.4 Å². The molecule has 0 radical (unpaired) electrons. The molecule has 0 saturated carbocycles. The molecule has 112 valence electrons. The molecule has 0 fully saturated rings. The smallest absolute Gasteiger partial charge is 0.245 e. The molecule has 1 aromatic carbocycles. The van der Waals surface area contributed by atoms with Gasteiger partial charge in [0, 0.05) is 5.56 Å². The number of fused-ring (bicyclic) bond motifs is 1. The first-order valence-corrected chi connectivity index (χ1v) is 6.92. The summed E-state index contributed by atoms with van der Waals surface area (Å²) >= 11 is 0. The van der Waals surface area contributed by atoms with E-state index in [1.807, 2.05) is 43.3 Å². The maximum atomic E-state index is 5.69. The van der Waals surface area contributed by atoms with Crippen molar-refractivity contribution >= 4 is 17.0 Å². The van der Waals surface area contributed by atoms with Crippen molar-refractivity contribution in [1.29, 1.82) is 0 Å². The highest BCUT2D eigenvalue weighted by Crippen LogP contribution is 2.26. The lowest BCUT2D eigenvalue weighted by Crippen LogP contribution is -2.02. The molecule has 0 aliphatic heterocycles. The fraction of sp³-hybridized carbons (Fsp3) is 0.188. The number of nitrogens with zero attached hydrogens (tertiary/aromatic N) is 3. The molecule has 2 N–H and O–H groups in total. The van der Waals surface area contributed by atoms with Crippen molar-refractivity contribution in [3.05, 3.63) is 36.4 Å². The molecule has 0 aliphatic rings. The third kappa shape index (κ3) is 2.63. The second kappa shape index (κ2) is 5.85. The molecule has 6 nitrogen and oxygen atoms in total. The lowest BCUT2D eigenvalue weighted by atomic mass is 10.1. The molecular weight excluding hydrogens is 280 g/mol. The Hall–Kier alpha value is -2.89. The van der Waals surface area contributed by atoms with Gasteiger partial charge in [0.2, 0.25) is 11.8 Å². The van der Waals surface area contributed by atoms with Gasteiger partial charge < -0.3 is 15.2 Å². The van der Waals surface area contributed by atoms with Gasteiger partial charge in [-0.2, -0.15) is 4.98 Å². The van der Waals surface area contributed by atoms with Gasteiger partial charge in [-0.25, -0.2) is 9.97 Å². The summed E-state index contributed by atoms with van der Waals surface area (Å²) in [5.41, 5.74) is 8.74. The second-order valence-electron chi connectivity index (χ2n) is 4.61. The normalized spacial score (nSPS) is 10.6. The largest absolute Gasteiger partial charge is 0.497 e. The van der Waals surface area contributed by atoms with Gasteiger partial charge in [0.15, 0.2) is 5.52 Å². The number of rotatable bonds is 4. The zero-order valence-corrected chi connectivity index (χ0v) is 12.4. The Balaban J connectivity index is 2.11. The van der Waals surface area contributed by atoms with E-state index >= 15 is 0 Å². The van der Waals surface area contributed by atoms with Crippen molar-refractivity contribution < 1.29 is 9.47 Å². The Bertz CT molecular complexity index is 803. The second-order valence-corrected chi connectivity index (χ2v) is 4.61. The topological polar surface area (TPSA) is 83.2 Å². The van der Waals surface area contributed by atoms with Crippen LogP contribution in [0.1, 0.15) is 6.92 Å². The number of anilines is 1. The fourth-order valence-corrected chi connectivity index (χ4v) is 2.16. The van der Waals surface area contributed by atoms with Gasteiger partial charge in [0.05, 0.1) is 24.9 Å². The minimum atomic E-state index is 0.176. The molecule has 0 bridgehead atoms. The van der Waals surface area contributed by atoms with Crippen LogP contribution in [-0.2, 0) is 0 Å². The van der Waals surface area contributed by atoms with Gasteiger partial charge in [-0.1, -0.05) is 0 Å². The summed E-state index contributed by atoms with van der Waals surface area (Å²) in [6.07, 6.45) is 0. The first-order valence-electron chi connectivity index (χ1n) is 6.92. The minimum Gasteiger partial charge on any atom is -0.497 e. The number of pyridine rings is 1.